The average molecular weight is 376 g/mol. The highest BCUT2D eigenvalue weighted by atomic mass is 16.5. The van der Waals surface area contributed by atoms with Crippen LogP contribution in [0.4, 0.5) is 5.95 Å². The van der Waals surface area contributed by atoms with Gasteiger partial charge in [-0.05, 0) is 13.3 Å². The molecule has 0 aromatic carbocycles. The summed E-state index contributed by atoms with van der Waals surface area (Å²) >= 11 is 0. The number of hydrogen-bond acceptors (Lipinski definition) is 7. The highest BCUT2D eigenvalue weighted by Crippen LogP contribution is 2.40. The molecule has 8 nitrogen and oxygen atoms in total. The van der Waals surface area contributed by atoms with Gasteiger partial charge in [0.1, 0.15) is 0 Å². The molecule has 0 bridgehead atoms. The van der Waals surface area contributed by atoms with Crippen LogP contribution in [-0.4, -0.2) is 80.5 Å². The van der Waals surface area contributed by atoms with Gasteiger partial charge in [0.05, 0.1) is 50.6 Å². The number of likely N-dealkylation sites (tertiary alicyclic amines) is 1. The van der Waals surface area contributed by atoms with Gasteiger partial charge in [-0.1, -0.05) is 0 Å². The van der Waals surface area contributed by atoms with Crippen LogP contribution in [0.3, 0.4) is 0 Å². The Hall–Kier alpha value is -1.77. The quantitative estimate of drug-likeness (QED) is 0.764. The number of hydrogen-bond donors (Lipinski definition) is 0. The van der Waals surface area contributed by atoms with Crippen LogP contribution in [0.5, 0.6) is 0 Å². The van der Waals surface area contributed by atoms with E-state index in [0.29, 0.717) is 46.0 Å². The molecule has 3 aliphatic rings. The van der Waals surface area contributed by atoms with E-state index in [0.717, 1.165) is 49.0 Å². The minimum Gasteiger partial charge on any atom is -0.384 e. The number of aromatic nitrogens is 2. The molecule has 148 valence electrons. The maximum absolute atomic E-state index is 12.5. The second-order valence-corrected chi connectivity index (χ2v) is 7.62. The Balaban J connectivity index is 1.62. The van der Waals surface area contributed by atoms with Crippen molar-refractivity contribution in [3.8, 4) is 0 Å². The van der Waals surface area contributed by atoms with Crippen LogP contribution in [0.15, 0.2) is 0 Å². The smallest absolute Gasteiger partial charge is 0.225 e. The lowest BCUT2D eigenvalue weighted by atomic mass is 9.80. The number of ether oxygens (including phenoxy) is 3. The van der Waals surface area contributed by atoms with Crippen molar-refractivity contribution in [1.29, 1.82) is 0 Å². The zero-order chi connectivity index (χ0) is 18.9. The Morgan fingerprint density at radius 1 is 1.22 bits per heavy atom. The summed E-state index contributed by atoms with van der Waals surface area (Å²) in [6, 6.07) is 0. The fraction of sp³-hybridized carbons (Fsp3) is 0.737. The minimum absolute atomic E-state index is 0.139. The predicted molar refractivity (Wildman–Crippen MR) is 98.8 cm³/mol. The van der Waals surface area contributed by atoms with Gasteiger partial charge in [-0.25, -0.2) is 9.97 Å². The van der Waals surface area contributed by atoms with Crippen LogP contribution in [0.1, 0.15) is 29.8 Å². The Morgan fingerprint density at radius 2 is 2.04 bits per heavy atom. The lowest BCUT2D eigenvalue weighted by Crippen LogP contribution is -2.43. The van der Waals surface area contributed by atoms with E-state index >= 15 is 0 Å². The first kappa shape index (κ1) is 18.6. The Bertz CT molecular complexity index is 707. The van der Waals surface area contributed by atoms with Crippen LogP contribution in [0, 0.1) is 6.92 Å². The summed E-state index contributed by atoms with van der Waals surface area (Å²) in [7, 11) is 1.62. The molecule has 1 amide bonds. The standard InChI is InChI=1S/C19H28N4O4/c1-14-15-11-27-13-19(4-5-23(12-19)16(24)3-8-25-2)17(15)21-18(20-14)22-6-9-26-10-7-22/h3-13H2,1-2H3. The van der Waals surface area contributed by atoms with E-state index in [1.165, 1.54) is 0 Å². The number of amides is 1. The van der Waals surface area contributed by atoms with E-state index in [1.807, 2.05) is 11.8 Å². The van der Waals surface area contributed by atoms with Gasteiger partial charge in [0.25, 0.3) is 0 Å². The van der Waals surface area contributed by atoms with E-state index in [1.54, 1.807) is 7.11 Å². The van der Waals surface area contributed by atoms with Crippen LogP contribution >= 0.6 is 0 Å². The Morgan fingerprint density at radius 3 is 2.81 bits per heavy atom. The second-order valence-electron chi connectivity index (χ2n) is 7.62. The zero-order valence-electron chi connectivity index (χ0n) is 16.2. The summed E-state index contributed by atoms with van der Waals surface area (Å²) in [5, 5.41) is 0. The first-order chi connectivity index (χ1) is 13.1. The number of nitrogens with zero attached hydrogens (tertiary/aromatic N) is 4. The Kier molecular flexibility index (Phi) is 5.29. The summed E-state index contributed by atoms with van der Waals surface area (Å²) < 4.78 is 16.4. The first-order valence-corrected chi connectivity index (χ1v) is 9.68. The van der Waals surface area contributed by atoms with Crippen LogP contribution in [-0.2, 0) is 31.0 Å². The summed E-state index contributed by atoms with van der Waals surface area (Å²) in [4.78, 5) is 26.3. The predicted octanol–water partition coefficient (Wildman–Crippen LogP) is 0.658. The van der Waals surface area contributed by atoms with Gasteiger partial charge in [0, 0.05) is 44.5 Å². The van der Waals surface area contributed by atoms with Crippen molar-refractivity contribution in [2.75, 3.05) is 64.6 Å². The van der Waals surface area contributed by atoms with Crippen molar-refractivity contribution in [1.82, 2.24) is 14.9 Å². The maximum Gasteiger partial charge on any atom is 0.225 e. The van der Waals surface area contributed by atoms with Crippen molar-refractivity contribution in [2.45, 2.75) is 31.8 Å². The number of methoxy groups -OCH3 is 1. The molecular weight excluding hydrogens is 348 g/mol. The van der Waals surface area contributed by atoms with Crippen molar-refractivity contribution in [3.63, 3.8) is 0 Å². The molecule has 2 saturated heterocycles. The topological polar surface area (TPSA) is 77.0 Å². The molecule has 0 N–H and O–H groups in total. The van der Waals surface area contributed by atoms with E-state index < -0.39 is 0 Å². The summed E-state index contributed by atoms with van der Waals surface area (Å²) in [5.41, 5.74) is 2.91. The van der Waals surface area contributed by atoms with Gasteiger partial charge in [0.15, 0.2) is 0 Å². The third kappa shape index (κ3) is 3.53. The zero-order valence-corrected chi connectivity index (χ0v) is 16.2. The monoisotopic (exact) mass is 376 g/mol. The van der Waals surface area contributed by atoms with E-state index in [-0.39, 0.29) is 11.3 Å². The van der Waals surface area contributed by atoms with Crippen molar-refractivity contribution >= 4 is 11.9 Å². The normalized spacial score (nSPS) is 25.1. The molecule has 4 rings (SSSR count). The summed E-state index contributed by atoms with van der Waals surface area (Å²) in [5.74, 6) is 0.917. The van der Waals surface area contributed by atoms with Gasteiger partial charge >= 0.3 is 0 Å². The van der Waals surface area contributed by atoms with Crippen LogP contribution in [0.2, 0.25) is 0 Å². The molecule has 1 aromatic heterocycles. The molecule has 1 spiro atoms. The van der Waals surface area contributed by atoms with Gasteiger partial charge < -0.3 is 24.0 Å². The molecule has 3 aliphatic heterocycles. The average Bonchev–Trinajstić information content (AvgIpc) is 3.12. The minimum atomic E-state index is -0.231. The molecule has 1 aromatic rings. The molecule has 2 fully saturated rings. The summed E-state index contributed by atoms with van der Waals surface area (Å²) in [6.07, 6.45) is 1.29. The largest absolute Gasteiger partial charge is 0.384 e. The number of anilines is 1. The second kappa shape index (κ2) is 7.69. The molecule has 0 saturated carbocycles. The van der Waals surface area contributed by atoms with Crippen molar-refractivity contribution in [2.24, 2.45) is 0 Å². The van der Waals surface area contributed by atoms with Gasteiger partial charge in [-0.2, -0.15) is 0 Å². The van der Waals surface area contributed by atoms with Crippen molar-refractivity contribution < 1.29 is 19.0 Å². The van der Waals surface area contributed by atoms with Crippen LogP contribution < -0.4 is 4.90 Å². The molecule has 1 atom stereocenters. The summed E-state index contributed by atoms with van der Waals surface area (Å²) in [6.45, 7) is 8.05. The van der Waals surface area contributed by atoms with Gasteiger partial charge in [-0.3, -0.25) is 4.79 Å². The highest BCUT2D eigenvalue weighted by molar-refractivity contribution is 5.77. The van der Waals surface area contributed by atoms with Crippen molar-refractivity contribution in [3.05, 3.63) is 17.0 Å². The first-order valence-electron chi connectivity index (χ1n) is 9.68. The molecular formula is C19H28N4O4. The van der Waals surface area contributed by atoms with E-state index in [2.05, 4.69) is 4.90 Å². The number of aryl methyl sites for hydroxylation is 1. The number of carbonyl (C=O) groups excluding carboxylic acids is 1. The van der Waals surface area contributed by atoms with Crippen LogP contribution in [0.25, 0.3) is 0 Å². The molecule has 8 heteroatoms. The van der Waals surface area contributed by atoms with Gasteiger partial charge in [-0.15, -0.1) is 0 Å². The molecule has 27 heavy (non-hydrogen) atoms. The molecule has 1 unspecified atom stereocenters. The molecule has 4 heterocycles. The van der Waals surface area contributed by atoms with E-state index in [4.69, 9.17) is 24.2 Å². The highest BCUT2D eigenvalue weighted by Gasteiger charge is 2.46. The third-order valence-corrected chi connectivity index (χ3v) is 5.85. The number of morpholine rings is 1. The lowest BCUT2D eigenvalue weighted by molar-refractivity contribution is -0.131. The number of rotatable bonds is 4. The molecule has 0 aliphatic carbocycles. The fourth-order valence-electron chi connectivity index (χ4n) is 4.26. The van der Waals surface area contributed by atoms with Gasteiger partial charge in [0.2, 0.25) is 11.9 Å². The van der Waals surface area contributed by atoms with E-state index in [9.17, 15) is 4.79 Å². The fourth-order valence-corrected chi connectivity index (χ4v) is 4.26. The lowest BCUT2D eigenvalue weighted by Gasteiger charge is -2.36. The maximum atomic E-state index is 12.5. The third-order valence-electron chi connectivity index (χ3n) is 5.85. The number of fused-ring (bicyclic) bond motifs is 2. The Labute approximate surface area is 159 Å². The molecule has 0 radical (unpaired) electrons. The number of carbonyl (C=O) groups is 1. The SMILES string of the molecule is COCCC(=O)N1CCC2(COCc3c(C)nc(N4CCOCC4)nc32)C1.